The van der Waals surface area contributed by atoms with Gasteiger partial charge in [-0.3, -0.25) is 4.79 Å². The largest absolute Gasteiger partial charge is 0.360 e. The molecule has 1 fully saturated rings. The molecule has 0 aromatic rings. The molecular weight excluding hydrogens is 246 g/mol. The lowest BCUT2D eigenvalue weighted by Gasteiger charge is -2.35. The van der Waals surface area contributed by atoms with E-state index in [0.717, 1.165) is 36.7 Å². The van der Waals surface area contributed by atoms with E-state index in [9.17, 15) is 4.79 Å². The van der Waals surface area contributed by atoms with Crippen LogP contribution in [0.4, 0.5) is 0 Å². The van der Waals surface area contributed by atoms with Gasteiger partial charge in [-0.15, -0.1) is 0 Å². The molecule has 0 aromatic heterocycles. The van der Waals surface area contributed by atoms with Crippen LogP contribution >= 0.6 is 11.8 Å². The lowest BCUT2D eigenvalue weighted by molar-refractivity contribution is -0.121. The molecule has 2 atom stereocenters. The maximum absolute atomic E-state index is 11.8. The Balaban J connectivity index is 2.57. The number of hydrogen-bond acceptors (Lipinski definition) is 3. The van der Waals surface area contributed by atoms with Crippen LogP contribution in [0.1, 0.15) is 47.0 Å². The number of amides is 1. The third kappa shape index (κ3) is 4.52. The maximum Gasteiger partial charge on any atom is 0.244 e. The Morgan fingerprint density at radius 2 is 2.33 bits per heavy atom. The smallest absolute Gasteiger partial charge is 0.244 e. The average molecular weight is 271 g/mol. The summed E-state index contributed by atoms with van der Waals surface area (Å²) in [5.74, 6) is 1.08. The molecule has 4 nitrogen and oxygen atoms in total. The lowest BCUT2D eigenvalue weighted by atomic mass is 9.96. The summed E-state index contributed by atoms with van der Waals surface area (Å²) >= 11 is 1.71. The highest BCUT2D eigenvalue weighted by Gasteiger charge is 2.28. The van der Waals surface area contributed by atoms with E-state index in [1.807, 2.05) is 13.8 Å². The van der Waals surface area contributed by atoms with Crippen LogP contribution in [0.5, 0.6) is 0 Å². The van der Waals surface area contributed by atoms with Crippen LogP contribution in [0.3, 0.4) is 0 Å². The highest BCUT2D eigenvalue weighted by Crippen LogP contribution is 2.25. The van der Waals surface area contributed by atoms with Gasteiger partial charge in [0, 0.05) is 17.8 Å². The second-order valence-electron chi connectivity index (χ2n) is 5.04. The zero-order chi connectivity index (χ0) is 13.6. The van der Waals surface area contributed by atoms with E-state index in [1.165, 1.54) is 0 Å². The molecule has 1 rings (SSSR count). The van der Waals surface area contributed by atoms with Crippen molar-refractivity contribution in [3.8, 4) is 0 Å². The molecule has 2 N–H and O–H groups in total. The van der Waals surface area contributed by atoms with Crippen LogP contribution in [0.15, 0.2) is 4.99 Å². The van der Waals surface area contributed by atoms with Crippen molar-refractivity contribution >= 4 is 22.8 Å². The molecule has 1 amide bonds. The molecule has 104 valence electrons. The van der Waals surface area contributed by atoms with E-state index in [1.54, 1.807) is 11.8 Å². The summed E-state index contributed by atoms with van der Waals surface area (Å²) < 4.78 is 0. The van der Waals surface area contributed by atoms with Crippen LogP contribution in [-0.2, 0) is 4.79 Å². The van der Waals surface area contributed by atoms with Gasteiger partial charge in [-0.2, -0.15) is 0 Å². The highest BCUT2D eigenvalue weighted by atomic mass is 32.2. The molecule has 18 heavy (non-hydrogen) atoms. The number of nitrogens with zero attached hydrogens (tertiary/aromatic N) is 1. The molecule has 1 saturated heterocycles. The summed E-state index contributed by atoms with van der Waals surface area (Å²) in [5, 5.41) is 7.23. The number of rotatable bonds is 5. The van der Waals surface area contributed by atoms with Gasteiger partial charge in [0.2, 0.25) is 5.91 Å². The van der Waals surface area contributed by atoms with Crippen LogP contribution in [-0.4, -0.2) is 35.0 Å². The molecule has 2 unspecified atom stereocenters. The third-order valence-corrected chi connectivity index (χ3v) is 4.21. The van der Waals surface area contributed by atoms with Gasteiger partial charge >= 0.3 is 0 Å². The fourth-order valence-corrected chi connectivity index (χ4v) is 2.99. The molecule has 0 aliphatic carbocycles. The first kappa shape index (κ1) is 15.3. The zero-order valence-corrected chi connectivity index (χ0v) is 12.7. The minimum absolute atomic E-state index is 0.00975. The molecule has 1 aliphatic rings. The number of hydrogen-bond donors (Lipinski definition) is 2. The Hall–Kier alpha value is -0.710. The average Bonchev–Trinajstić information content (AvgIpc) is 2.36. The fraction of sp³-hybridized carbons (Fsp3) is 0.846. The van der Waals surface area contributed by atoms with Gasteiger partial charge in [0.05, 0.1) is 0 Å². The topological polar surface area (TPSA) is 53.5 Å². The van der Waals surface area contributed by atoms with Crippen molar-refractivity contribution in [2.24, 2.45) is 4.99 Å². The van der Waals surface area contributed by atoms with Gasteiger partial charge in [-0.1, -0.05) is 25.6 Å². The first-order chi connectivity index (χ1) is 8.50. The Labute approximate surface area is 114 Å². The van der Waals surface area contributed by atoms with Crippen molar-refractivity contribution in [2.75, 3.05) is 12.3 Å². The van der Waals surface area contributed by atoms with Crippen LogP contribution in [0.25, 0.3) is 0 Å². The van der Waals surface area contributed by atoms with E-state index < -0.39 is 0 Å². The van der Waals surface area contributed by atoms with Gasteiger partial charge < -0.3 is 10.6 Å². The lowest BCUT2D eigenvalue weighted by Crippen LogP contribution is -2.48. The first-order valence-corrected chi connectivity index (χ1v) is 7.76. The van der Waals surface area contributed by atoms with Crippen molar-refractivity contribution < 1.29 is 4.79 Å². The molecule has 5 heteroatoms. The summed E-state index contributed by atoms with van der Waals surface area (Å²) in [6.07, 6.45) is 3.17. The summed E-state index contributed by atoms with van der Waals surface area (Å²) in [6.45, 7) is 9.00. The van der Waals surface area contributed by atoms with Crippen molar-refractivity contribution in [1.82, 2.24) is 10.6 Å². The van der Waals surface area contributed by atoms with Crippen molar-refractivity contribution in [3.05, 3.63) is 0 Å². The van der Waals surface area contributed by atoms with E-state index in [4.69, 9.17) is 0 Å². The first-order valence-electron chi connectivity index (χ1n) is 6.77. The number of amidine groups is 1. The Morgan fingerprint density at radius 3 is 2.94 bits per heavy atom. The predicted octanol–water partition coefficient (Wildman–Crippen LogP) is 2.15. The van der Waals surface area contributed by atoms with Crippen molar-refractivity contribution in [1.29, 1.82) is 0 Å². The highest BCUT2D eigenvalue weighted by molar-refractivity contribution is 8.13. The number of aliphatic imine (C=N–C) groups is 1. The molecule has 0 saturated carbocycles. The van der Waals surface area contributed by atoms with E-state index in [2.05, 4.69) is 29.5 Å². The van der Waals surface area contributed by atoms with Crippen LogP contribution < -0.4 is 10.6 Å². The molecule has 0 bridgehead atoms. The van der Waals surface area contributed by atoms with Gasteiger partial charge in [0.15, 0.2) is 5.17 Å². The third-order valence-electron chi connectivity index (χ3n) is 3.32. The minimum atomic E-state index is -0.314. The minimum Gasteiger partial charge on any atom is -0.360 e. The zero-order valence-electron chi connectivity index (χ0n) is 11.9. The maximum atomic E-state index is 11.8. The molecule has 0 aromatic carbocycles. The number of carbonyl (C=O) groups excluding carboxylic acids is 1. The number of carbonyl (C=O) groups is 1. The summed E-state index contributed by atoms with van der Waals surface area (Å²) in [7, 11) is 0. The molecular formula is C13H25N3OS. The molecule has 0 radical (unpaired) electrons. The second kappa shape index (κ2) is 7.02. The van der Waals surface area contributed by atoms with E-state index >= 15 is 0 Å². The molecule has 1 heterocycles. The van der Waals surface area contributed by atoms with Crippen molar-refractivity contribution in [3.63, 3.8) is 0 Å². The standard InChI is InChI=1S/C13H25N3OS/c1-5-8-14-11(17)10(3)15-12-16-13(4,6-2)7-9-18-12/h10H,5-9H2,1-4H3,(H,14,17)(H,15,16). The van der Waals surface area contributed by atoms with Gasteiger partial charge in [0.25, 0.3) is 0 Å². The van der Waals surface area contributed by atoms with Crippen molar-refractivity contribution in [2.45, 2.75) is 58.5 Å². The summed E-state index contributed by atoms with van der Waals surface area (Å²) in [4.78, 5) is 16.2. The van der Waals surface area contributed by atoms with Gasteiger partial charge in [-0.25, -0.2) is 4.99 Å². The normalized spacial score (nSPS) is 27.7. The monoisotopic (exact) mass is 271 g/mol. The SMILES string of the molecule is CCCNC(=O)C(C)N=C1NC(C)(CC)CCS1. The number of nitrogens with one attached hydrogen (secondary N) is 2. The quantitative estimate of drug-likeness (QED) is 0.805. The Morgan fingerprint density at radius 1 is 1.61 bits per heavy atom. The Bertz CT molecular complexity index is 319. The molecule has 0 spiro atoms. The summed E-state index contributed by atoms with van der Waals surface area (Å²) in [5.41, 5.74) is 0.129. The van der Waals surface area contributed by atoms with Crippen LogP contribution in [0.2, 0.25) is 0 Å². The van der Waals surface area contributed by atoms with Gasteiger partial charge in [-0.05, 0) is 33.1 Å². The van der Waals surface area contributed by atoms with Crippen LogP contribution in [0, 0.1) is 0 Å². The fourth-order valence-electron chi connectivity index (χ4n) is 1.69. The Kier molecular flexibility index (Phi) is 5.99. The van der Waals surface area contributed by atoms with E-state index in [-0.39, 0.29) is 17.5 Å². The van der Waals surface area contributed by atoms with Gasteiger partial charge in [0.1, 0.15) is 6.04 Å². The number of thioether (sulfide) groups is 1. The summed E-state index contributed by atoms with van der Waals surface area (Å²) in [6, 6.07) is -0.314. The predicted molar refractivity (Wildman–Crippen MR) is 79.1 cm³/mol. The van der Waals surface area contributed by atoms with E-state index in [0.29, 0.717) is 0 Å². The molecule has 1 aliphatic heterocycles. The second-order valence-corrected chi connectivity index (χ2v) is 6.12.